The lowest BCUT2D eigenvalue weighted by molar-refractivity contribution is -0.125. The van der Waals surface area contributed by atoms with Crippen molar-refractivity contribution in [3.8, 4) is 0 Å². The van der Waals surface area contributed by atoms with Gasteiger partial charge >= 0.3 is 0 Å². The van der Waals surface area contributed by atoms with E-state index in [0.29, 0.717) is 6.54 Å². The second-order valence-electron chi connectivity index (χ2n) is 7.60. The van der Waals surface area contributed by atoms with Gasteiger partial charge in [0.15, 0.2) is 0 Å². The highest BCUT2D eigenvalue weighted by Crippen LogP contribution is 2.25. The van der Waals surface area contributed by atoms with Crippen molar-refractivity contribution in [2.24, 2.45) is 0 Å². The Morgan fingerprint density at radius 3 is 2.28 bits per heavy atom. The van der Waals surface area contributed by atoms with Crippen molar-refractivity contribution in [3.05, 3.63) is 60.2 Å². The van der Waals surface area contributed by atoms with Crippen molar-refractivity contribution in [1.29, 1.82) is 0 Å². The number of carbonyl (C=O) groups is 1. The summed E-state index contributed by atoms with van der Waals surface area (Å²) >= 11 is 0. The summed E-state index contributed by atoms with van der Waals surface area (Å²) in [6.07, 6.45) is 0. The zero-order chi connectivity index (χ0) is 20.6. The predicted molar refractivity (Wildman–Crippen MR) is 119 cm³/mol. The van der Waals surface area contributed by atoms with E-state index in [0.717, 1.165) is 26.2 Å². The summed E-state index contributed by atoms with van der Waals surface area (Å²) in [6.45, 7) is 4.53. The molecule has 29 heavy (non-hydrogen) atoms. The Bertz CT molecular complexity index is 756. The number of nitrogens with one attached hydrogen (secondary N) is 1. The molecule has 0 spiro atoms. The van der Waals surface area contributed by atoms with Crippen LogP contribution in [0.4, 0.5) is 11.4 Å². The molecule has 6 nitrogen and oxygen atoms in total. The Labute approximate surface area is 174 Å². The maximum absolute atomic E-state index is 12.0. The van der Waals surface area contributed by atoms with Crippen LogP contribution in [0.15, 0.2) is 54.6 Å². The van der Waals surface area contributed by atoms with Crippen molar-refractivity contribution in [2.45, 2.75) is 6.04 Å². The average molecular weight is 397 g/mol. The molecule has 1 amide bonds. The zero-order valence-corrected chi connectivity index (χ0v) is 17.7. The van der Waals surface area contributed by atoms with E-state index in [2.05, 4.69) is 74.6 Å². The van der Waals surface area contributed by atoms with E-state index in [4.69, 9.17) is 4.74 Å². The number of hydrogen-bond donors (Lipinski definition) is 1. The van der Waals surface area contributed by atoms with Crippen LogP contribution in [0.5, 0.6) is 0 Å². The number of nitrogens with zero attached hydrogens (tertiary/aromatic N) is 3. The number of piperazine rings is 1. The summed E-state index contributed by atoms with van der Waals surface area (Å²) in [6, 6.07) is 19.3. The Kier molecular flexibility index (Phi) is 7.49. The zero-order valence-electron chi connectivity index (χ0n) is 17.7. The van der Waals surface area contributed by atoms with Crippen molar-refractivity contribution < 1.29 is 9.53 Å². The summed E-state index contributed by atoms with van der Waals surface area (Å²) in [4.78, 5) is 19.0. The first-order chi connectivity index (χ1) is 14.1. The Hall–Kier alpha value is -2.57. The quantitative estimate of drug-likeness (QED) is 0.742. The number of ether oxygens (including phenoxy) is 1. The molecular weight excluding hydrogens is 364 g/mol. The van der Waals surface area contributed by atoms with Crippen LogP contribution in [0.25, 0.3) is 0 Å². The Balaban J connectivity index is 1.70. The van der Waals surface area contributed by atoms with Gasteiger partial charge in [-0.3, -0.25) is 9.69 Å². The van der Waals surface area contributed by atoms with Gasteiger partial charge < -0.3 is 19.9 Å². The Morgan fingerprint density at radius 1 is 1.03 bits per heavy atom. The highest BCUT2D eigenvalue weighted by atomic mass is 16.5. The van der Waals surface area contributed by atoms with E-state index in [-0.39, 0.29) is 18.6 Å². The van der Waals surface area contributed by atoms with Crippen LogP contribution < -0.4 is 15.1 Å². The fourth-order valence-corrected chi connectivity index (χ4v) is 3.78. The third kappa shape index (κ3) is 5.71. The summed E-state index contributed by atoms with van der Waals surface area (Å²) in [7, 11) is 5.63. The highest BCUT2D eigenvalue weighted by molar-refractivity contribution is 5.77. The molecule has 0 aliphatic carbocycles. The first-order valence-electron chi connectivity index (χ1n) is 10.2. The number of para-hydroxylation sites is 1. The lowest BCUT2D eigenvalue weighted by Gasteiger charge is -2.40. The number of benzene rings is 2. The molecule has 156 valence electrons. The number of amides is 1. The number of anilines is 2. The first-order valence-corrected chi connectivity index (χ1v) is 10.2. The SMILES string of the molecule is COCC(=O)NC[C@H](c1ccc(N(C)C)cc1)N1CCN(c2ccccc2)CC1. The fraction of sp³-hybridized carbons (Fsp3) is 0.435. The normalized spacial score (nSPS) is 15.8. The molecule has 0 aromatic heterocycles. The summed E-state index contributed by atoms with van der Waals surface area (Å²) < 4.78 is 4.95. The summed E-state index contributed by atoms with van der Waals surface area (Å²) in [5, 5.41) is 3.03. The fourth-order valence-electron chi connectivity index (χ4n) is 3.78. The summed E-state index contributed by atoms with van der Waals surface area (Å²) in [5.41, 5.74) is 3.67. The van der Waals surface area contributed by atoms with Gasteiger partial charge in [0.2, 0.25) is 5.91 Å². The van der Waals surface area contributed by atoms with Crippen LogP contribution in [-0.4, -0.2) is 71.3 Å². The van der Waals surface area contributed by atoms with Gasteiger partial charge in [0.25, 0.3) is 0 Å². The topological polar surface area (TPSA) is 48.1 Å². The molecule has 0 saturated carbocycles. The van der Waals surface area contributed by atoms with E-state index < -0.39 is 0 Å². The minimum atomic E-state index is -0.0784. The van der Waals surface area contributed by atoms with Gasteiger partial charge in [0.05, 0.1) is 6.04 Å². The smallest absolute Gasteiger partial charge is 0.246 e. The van der Waals surface area contributed by atoms with Gasteiger partial charge in [-0.15, -0.1) is 0 Å². The maximum Gasteiger partial charge on any atom is 0.246 e. The average Bonchev–Trinajstić information content (AvgIpc) is 2.75. The molecule has 1 heterocycles. The number of methoxy groups -OCH3 is 1. The molecule has 1 atom stereocenters. The molecular formula is C23H32N4O2. The van der Waals surface area contributed by atoms with Crippen LogP contribution in [-0.2, 0) is 9.53 Å². The van der Waals surface area contributed by atoms with E-state index in [1.54, 1.807) is 7.11 Å². The molecule has 1 aliphatic rings. The molecule has 2 aromatic rings. The van der Waals surface area contributed by atoms with Crippen molar-refractivity contribution >= 4 is 17.3 Å². The van der Waals surface area contributed by atoms with E-state index in [1.807, 2.05) is 14.1 Å². The number of rotatable bonds is 8. The first kappa shape index (κ1) is 21.1. The van der Waals surface area contributed by atoms with Gasteiger partial charge in [-0.05, 0) is 29.8 Å². The second kappa shape index (κ2) is 10.3. The van der Waals surface area contributed by atoms with E-state index >= 15 is 0 Å². The molecule has 6 heteroatoms. The minimum Gasteiger partial charge on any atom is -0.378 e. The Morgan fingerprint density at radius 2 is 1.69 bits per heavy atom. The lowest BCUT2D eigenvalue weighted by Crippen LogP contribution is -2.50. The molecule has 0 unspecified atom stereocenters. The molecule has 3 rings (SSSR count). The molecule has 1 fully saturated rings. The van der Waals surface area contributed by atoms with Gasteiger partial charge in [-0.2, -0.15) is 0 Å². The van der Waals surface area contributed by atoms with Gasteiger partial charge in [-0.25, -0.2) is 0 Å². The number of carbonyl (C=O) groups excluding carboxylic acids is 1. The molecule has 0 bridgehead atoms. The standard InChI is InChI=1S/C23H32N4O2/c1-25(2)20-11-9-19(10-12-20)22(17-24-23(28)18-29-3)27-15-13-26(14-16-27)21-7-5-4-6-8-21/h4-12,22H,13-18H2,1-3H3,(H,24,28)/t22-/m1/s1. The minimum absolute atomic E-state index is 0.0784. The van der Waals surface area contributed by atoms with Gasteiger partial charge in [-0.1, -0.05) is 30.3 Å². The highest BCUT2D eigenvalue weighted by Gasteiger charge is 2.25. The van der Waals surface area contributed by atoms with E-state index in [9.17, 15) is 4.79 Å². The van der Waals surface area contributed by atoms with Crippen LogP contribution in [0.1, 0.15) is 11.6 Å². The lowest BCUT2D eigenvalue weighted by atomic mass is 10.0. The van der Waals surface area contributed by atoms with Crippen molar-refractivity contribution in [1.82, 2.24) is 10.2 Å². The molecule has 2 aromatic carbocycles. The van der Waals surface area contributed by atoms with Crippen LogP contribution in [0, 0.1) is 0 Å². The predicted octanol–water partition coefficient (Wildman–Crippen LogP) is 2.38. The van der Waals surface area contributed by atoms with Crippen LogP contribution >= 0.6 is 0 Å². The molecule has 1 aliphatic heterocycles. The van der Waals surface area contributed by atoms with E-state index in [1.165, 1.54) is 16.9 Å². The third-order valence-corrected chi connectivity index (χ3v) is 5.44. The monoisotopic (exact) mass is 396 g/mol. The summed E-state index contributed by atoms with van der Waals surface area (Å²) in [5.74, 6) is -0.0784. The number of hydrogen-bond acceptors (Lipinski definition) is 5. The molecule has 0 radical (unpaired) electrons. The second-order valence-corrected chi connectivity index (χ2v) is 7.60. The van der Waals surface area contributed by atoms with Gasteiger partial charge in [0.1, 0.15) is 6.61 Å². The van der Waals surface area contributed by atoms with Gasteiger partial charge in [0, 0.05) is 65.3 Å². The van der Waals surface area contributed by atoms with Crippen LogP contribution in [0.2, 0.25) is 0 Å². The van der Waals surface area contributed by atoms with Crippen LogP contribution in [0.3, 0.4) is 0 Å². The molecule has 1 N–H and O–H groups in total. The third-order valence-electron chi connectivity index (χ3n) is 5.44. The largest absolute Gasteiger partial charge is 0.378 e. The van der Waals surface area contributed by atoms with Crippen molar-refractivity contribution in [2.75, 3.05) is 70.3 Å². The van der Waals surface area contributed by atoms with Crippen molar-refractivity contribution in [3.63, 3.8) is 0 Å². The molecule has 1 saturated heterocycles. The maximum atomic E-state index is 12.0.